The molecular weight excluding hydrogens is 425 g/mol. The number of rotatable bonds is 6. The first-order valence-electron chi connectivity index (χ1n) is 8.98. The smallest absolute Gasteiger partial charge is 0.264 e. The van der Waals surface area contributed by atoms with Crippen LogP contribution in [0.25, 0.3) is 22.3 Å². The highest BCUT2D eigenvalue weighted by Crippen LogP contribution is 2.32. The number of fused-ring (bicyclic) bond motifs is 1. The molecule has 0 fully saturated rings. The van der Waals surface area contributed by atoms with E-state index < -0.39 is 20.7 Å². The number of nitrogen functional groups attached to an aromatic ring is 1. The van der Waals surface area contributed by atoms with Crippen molar-refractivity contribution >= 4 is 32.6 Å². The Morgan fingerprint density at radius 1 is 1.06 bits per heavy atom. The number of nitrogens with two attached hydrogens (primary N) is 1. The van der Waals surface area contributed by atoms with Gasteiger partial charge in [-0.1, -0.05) is 12.1 Å². The lowest BCUT2D eigenvalue weighted by molar-refractivity contribution is 0.411. The van der Waals surface area contributed by atoms with Crippen LogP contribution in [0.4, 0.5) is 15.9 Å². The first-order valence-corrected chi connectivity index (χ1v) is 10.5. The lowest BCUT2D eigenvalue weighted by Gasteiger charge is -2.11. The third kappa shape index (κ3) is 3.82. The molecule has 2 aromatic carbocycles. The highest BCUT2D eigenvalue weighted by Gasteiger charge is 2.20. The van der Waals surface area contributed by atoms with E-state index in [1.807, 2.05) is 0 Å². The van der Waals surface area contributed by atoms with Crippen LogP contribution in [-0.2, 0) is 10.0 Å². The second-order valence-corrected chi connectivity index (χ2v) is 8.18. The molecule has 0 saturated heterocycles. The van der Waals surface area contributed by atoms with Crippen molar-refractivity contribution in [2.45, 2.75) is 4.90 Å². The molecule has 0 saturated carbocycles. The molecule has 160 valence electrons. The van der Waals surface area contributed by atoms with E-state index >= 15 is 0 Å². The Balaban J connectivity index is 1.64. The van der Waals surface area contributed by atoms with Crippen molar-refractivity contribution in [1.29, 1.82) is 0 Å². The average Bonchev–Trinajstić information content (AvgIpc) is 3.14. The van der Waals surface area contributed by atoms with Gasteiger partial charge in [-0.2, -0.15) is 5.10 Å². The molecule has 0 aliphatic heterocycles. The van der Waals surface area contributed by atoms with E-state index in [0.29, 0.717) is 33.9 Å². The molecule has 0 spiro atoms. The van der Waals surface area contributed by atoms with Gasteiger partial charge in [-0.3, -0.25) is 9.82 Å². The number of pyridine rings is 1. The van der Waals surface area contributed by atoms with Crippen LogP contribution in [0.1, 0.15) is 0 Å². The number of H-pyrrole nitrogens is 1. The molecule has 11 heteroatoms. The molecule has 0 aliphatic carbocycles. The molecule has 4 rings (SSSR count). The van der Waals surface area contributed by atoms with Crippen LogP contribution < -0.4 is 19.9 Å². The van der Waals surface area contributed by atoms with Crippen LogP contribution >= 0.6 is 0 Å². The number of methoxy groups -OCH3 is 2. The van der Waals surface area contributed by atoms with Crippen molar-refractivity contribution in [2.24, 2.45) is 0 Å². The number of aromatic nitrogens is 3. The van der Waals surface area contributed by atoms with Gasteiger partial charge in [-0.15, -0.1) is 0 Å². The maximum absolute atomic E-state index is 14.1. The zero-order chi connectivity index (χ0) is 22.2. The van der Waals surface area contributed by atoms with Crippen molar-refractivity contribution in [3.05, 3.63) is 54.3 Å². The fraction of sp³-hybridized carbons (Fsp3) is 0.100. The van der Waals surface area contributed by atoms with Crippen LogP contribution in [0.2, 0.25) is 0 Å². The monoisotopic (exact) mass is 443 g/mol. The summed E-state index contributed by atoms with van der Waals surface area (Å²) in [5, 5.41) is 7.30. The summed E-state index contributed by atoms with van der Waals surface area (Å²) in [7, 11) is -1.28. The fourth-order valence-corrected chi connectivity index (χ4v) is 4.21. The molecular formula is C20H18FN5O4S. The van der Waals surface area contributed by atoms with E-state index in [1.165, 1.54) is 20.3 Å². The summed E-state index contributed by atoms with van der Waals surface area (Å²) >= 11 is 0. The molecule has 2 aromatic heterocycles. The van der Waals surface area contributed by atoms with Crippen molar-refractivity contribution in [3.8, 4) is 22.8 Å². The topological polar surface area (TPSA) is 132 Å². The molecule has 0 bridgehead atoms. The minimum absolute atomic E-state index is 0.228. The number of benzene rings is 2. The Bertz CT molecular complexity index is 1370. The second-order valence-electron chi connectivity index (χ2n) is 6.52. The lowest BCUT2D eigenvalue weighted by Crippen LogP contribution is -2.14. The summed E-state index contributed by atoms with van der Waals surface area (Å²) in [6, 6.07) is 11.6. The summed E-state index contributed by atoms with van der Waals surface area (Å²) in [5.41, 5.74) is 7.76. The number of nitrogens with zero attached hydrogens (tertiary/aromatic N) is 2. The van der Waals surface area contributed by atoms with Crippen molar-refractivity contribution in [1.82, 2.24) is 15.2 Å². The third-order valence-corrected chi connectivity index (χ3v) is 5.99. The van der Waals surface area contributed by atoms with Crippen LogP contribution in [0.15, 0.2) is 53.4 Å². The molecule has 9 nitrogen and oxygen atoms in total. The predicted molar refractivity (Wildman–Crippen MR) is 114 cm³/mol. The number of aromatic amines is 1. The average molecular weight is 443 g/mol. The van der Waals surface area contributed by atoms with Crippen molar-refractivity contribution in [3.63, 3.8) is 0 Å². The van der Waals surface area contributed by atoms with Gasteiger partial charge in [0.2, 0.25) is 0 Å². The van der Waals surface area contributed by atoms with E-state index in [1.54, 1.807) is 30.3 Å². The number of hydrogen-bond acceptors (Lipinski definition) is 7. The highest BCUT2D eigenvalue weighted by molar-refractivity contribution is 7.92. The minimum atomic E-state index is -4.16. The van der Waals surface area contributed by atoms with E-state index in [9.17, 15) is 12.8 Å². The molecule has 0 unspecified atom stereocenters. The predicted octanol–water partition coefficient (Wildman–Crippen LogP) is 3.16. The largest absolute Gasteiger partial charge is 0.497 e. The Hall–Kier alpha value is -3.86. The molecule has 31 heavy (non-hydrogen) atoms. The quantitative estimate of drug-likeness (QED) is 0.417. The molecule has 0 amide bonds. The molecule has 4 N–H and O–H groups in total. The molecule has 4 aromatic rings. The summed E-state index contributed by atoms with van der Waals surface area (Å²) in [5.74, 6) is 0.198. The summed E-state index contributed by atoms with van der Waals surface area (Å²) < 4.78 is 52.0. The number of sulfonamides is 1. The zero-order valence-corrected chi connectivity index (χ0v) is 17.3. The maximum atomic E-state index is 14.1. The maximum Gasteiger partial charge on any atom is 0.264 e. The van der Waals surface area contributed by atoms with Gasteiger partial charge in [-0.05, 0) is 24.3 Å². The van der Waals surface area contributed by atoms with Gasteiger partial charge in [-0.25, -0.2) is 17.8 Å². The van der Waals surface area contributed by atoms with E-state index in [-0.39, 0.29) is 11.4 Å². The Kier molecular flexibility index (Phi) is 5.11. The van der Waals surface area contributed by atoms with Gasteiger partial charge in [0.15, 0.2) is 5.65 Å². The van der Waals surface area contributed by atoms with Gasteiger partial charge in [0.25, 0.3) is 10.0 Å². The van der Waals surface area contributed by atoms with E-state index in [2.05, 4.69) is 19.9 Å². The second kappa shape index (κ2) is 7.76. The Morgan fingerprint density at radius 3 is 2.48 bits per heavy atom. The number of anilines is 2. The molecule has 0 aliphatic rings. The Labute approximate surface area is 177 Å². The number of hydrogen-bond donors (Lipinski definition) is 3. The zero-order valence-electron chi connectivity index (χ0n) is 16.5. The first kappa shape index (κ1) is 20.4. The fourth-order valence-electron chi connectivity index (χ4n) is 3.06. The minimum Gasteiger partial charge on any atom is -0.497 e. The van der Waals surface area contributed by atoms with Crippen LogP contribution in [0.3, 0.4) is 0 Å². The van der Waals surface area contributed by atoms with E-state index in [4.69, 9.17) is 15.2 Å². The van der Waals surface area contributed by atoms with Gasteiger partial charge in [0.05, 0.1) is 19.9 Å². The number of halogens is 1. The van der Waals surface area contributed by atoms with Crippen LogP contribution in [0.5, 0.6) is 11.5 Å². The SMILES string of the molecule is COc1ccc(F)c(S(=O)(=O)Nc2ccc(-c3cc(OC)c4c(N)[nH]nc4n3)cc2)c1. The number of ether oxygens (including phenoxy) is 2. The highest BCUT2D eigenvalue weighted by atomic mass is 32.2. The van der Waals surface area contributed by atoms with Crippen LogP contribution in [-0.4, -0.2) is 37.8 Å². The lowest BCUT2D eigenvalue weighted by atomic mass is 10.1. The first-order chi connectivity index (χ1) is 14.8. The van der Waals surface area contributed by atoms with Crippen molar-refractivity contribution in [2.75, 3.05) is 24.7 Å². The standard InChI is InChI=1S/C20H18FN5O4S/c1-29-13-7-8-14(21)17(9-13)31(27,28)26-12-5-3-11(4-6-12)15-10-16(30-2)18-19(22)24-25-20(18)23-15/h3-10,26H,1-2H3,(H3,22,23,24,25). The van der Waals surface area contributed by atoms with E-state index in [0.717, 1.165) is 12.1 Å². The summed E-state index contributed by atoms with van der Waals surface area (Å²) in [6.07, 6.45) is 0. The van der Waals surface area contributed by atoms with Gasteiger partial charge >= 0.3 is 0 Å². The van der Waals surface area contributed by atoms with Crippen molar-refractivity contribution < 1.29 is 22.3 Å². The normalized spacial score (nSPS) is 11.5. The summed E-state index contributed by atoms with van der Waals surface area (Å²) in [4.78, 5) is 3.94. The van der Waals surface area contributed by atoms with Crippen LogP contribution in [0, 0.1) is 5.82 Å². The van der Waals surface area contributed by atoms with Gasteiger partial charge in [0.1, 0.15) is 33.4 Å². The van der Waals surface area contributed by atoms with Gasteiger partial charge < -0.3 is 15.2 Å². The Morgan fingerprint density at radius 2 is 1.81 bits per heavy atom. The molecule has 0 atom stereocenters. The summed E-state index contributed by atoms with van der Waals surface area (Å²) in [6.45, 7) is 0. The molecule has 2 heterocycles. The third-order valence-electron chi connectivity index (χ3n) is 4.60. The molecule has 0 radical (unpaired) electrons. The number of nitrogens with one attached hydrogen (secondary N) is 2. The van der Waals surface area contributed by atoms with Gasteiger partial charge in [0, 0.05) is 23.4 Å².